The van der Waals surface area contributed by atoms with E-state index >= 15 is 0 Å². The number of phenols is 1. The number of benzene rings is 2. The summed E-state index contributed by atoms with van der Waals surface area (Å²) in [5.41, 5.74) is 2.33. The molecule has 0 radical (unpaired) electrons. The Morgan fingerprint density at radius 1 is 1.17 bits per heavy atom. The number of nitriles is 1. The van der Waals surface area contributed by atoms with Crippen molar-refractivity contribution in [1.29, 1.82) is 5.26 Å². The van der Waals surface area contributed by atoms with Gasteiger partial charge in [0.2, 0.25) is 0 Å². The van der Waals surface area contributed by atoms with Crippen molar-refractivity contribution < 1.29 is 9.90 Å². The summed E-state index contributed by atoms with van der Waals surface area (Å²) in [6.07, 6.45) is 1.35. The fourth-order valence-corrected chi connectivity index (χ4v) is 2.17. The van der Waals surface area contributed by atoms with Gasteiger partial charge in [0.05, 0.1) is 0 Å². The molecule has 24 heavy (non-hydrogen) atoms. The number of carbonyl (C=O) groups is 1. The Morgan fingerprint density at radius 3 is 2.46 bits per heavy atom. The summed E-state index contributed by atoms with van der Waals surface area (Å²) in [6, 6.07) is 15.7. The zero-order valence-corrected chi connectivity index (χ0v) is 13.6. The SMILES string of the molecule is CC(C)c1ccccc1NC(=O)/C(C#N)=C\Nc1ccc(O)cc1. The number of amides is 1. The van der Waals surface area contributed by atoms with Gasteiger partial charge in [-0.2, -0.15) is 5.26 Å². The molecule has 0 unspecified atom stereocenters. The van der Waals surface area contributed by atoms with E-state index in [9.17, 15) is 15.2 Å². The van der Waals surface area contributed by atoms with Crippen molar-refractivity contribution in [2.75, 3.05) is 10.6 Å². The molecule has 0 heterocycles. The quantitative estimate of drug-likeness (QED) is 0.442. The number of para-hydroxylation sites is 1. The van der Waals surface area contributed by atoms with Gasteiger partial charge in [-0.1, -0.05) is 32.0 Å². The van der Waals surface area contributed by atoms with E-state index in [2.05, 4.69) is 10.6 Å². The molecule has 122 valence electrons. The molecule has 0 aliphatic carbocycles. The fourth-order valence-electron chi connectivity index (χ4n) is 2.17. The zero-order chi connectivity index (χ0) is 17.5. The molecule has 5 heteroatoms. The second kappa shape index (κ2) is 7.84. The maximum absolute atomic E-state index is 12.3. The number of hydrogen-bond donors (Lipinski definition) is 3. The molecule has 5 nitrogen and oxygen atoms in total. The summed E-state index contributed by atoms with van der Waals surface area (Å²) in [7, 11) is 0. The van der Waals surface area contributed by atoms with Crippen LogP contribution in [0, 0.1) is 11.3 Å². The largest absolute Gasteiger partial charge is 0.508 e. The number of nitrogens with zero attached hydrogens (tertiary/aromatic N) is 1. The summed E-state index contributed by atoms with van der Waals surface area (Å²) in [5.74, 6) is -0.0731. The van der Waals surface area contributed by atoms with Crippen LogP contribution in [0.5, 0.6) is 5.75 Å². The Hall–Kier alpha value is -3.26. The number of anilines is 2. The monoisotopic (exact) mass is 321 g/mol. The van der Waals surface area contributed by atoms with Crippen LogP contribution in [0.2, 0.25) is 0 Å². The van der Waals surface area contributed by atoms with Crippen molar-refractivity contribution in [1.82, 2.24) is 0 Å². The van der Waals surface area contributed by atoms with Gasteiger partial charge in [0.25, 0.3) is 5.91 Å². The molecular weight excluding hydrogens is 302 g/mol. The average Bonchev–Trinajstić information content (AvgIpc) is 2.57. The average molecular weight is 321 g/mol. The van der Waals surface area contributed by atoms with Gasteiger partial charge < -0.3 is 15.7 Å². The van der Waals surface area contributed by atoms with E-state index in [-0.39, 0.29) is 17.2 Å². The second-order valence-corrected chi connectivity index (χ2v) is 5.56. The fraction of sp³-hybridized carbons (Fsp3) is 0.158. The maximum Gasteiger partial charge on any atom is 0.267 e. The Labute approximate surface area is 141 Å². The van der Waals surface area contributed by atoms with Crippen LogP contribution >= 0.6 is 0 Å². The highest BCUT2D eigenvalue weighted by atomic mass is 16.3. The molecule has 0 saturated heterocycles. The first-order chi connectivity index (χ1) is 11.5. The van der Waals surface area contributed by atoms with Crippen molar-refractivity contribution in [3.8, 4) is 11.8 Å². The van der Waals surface area contributed by atoms with E-state index < -0.39 is 5.91 Å². The van der Waals surface area contributed by atoms with Crippen molar-refractivity contribution in [2.24, 2.45) is 0 Å². The van der Waals surface area contributed by atoms with E-state index in [1.165, 1.54) is 18.3 Å². The normalized spacial score (nSPS) is 11.0. The summed E-state index contributed by atoms with van der Waals surface area (Å²) >= 11 is 0. The number of nitrogens with one attached hydrogen (secondary N) is 2. The summed E-state index contributed by atoms with van der Waals surface area (Å²) < 4.78 is 0. The van der Waals surface area contributed by atoms with E-state index in [0.29, 0.717) is 11.4 Å². The highest BCUT2D eigenvalue weighted by Gasteiger charge is 2.12. The van der Waals surface area contributed by atoms with Crippen molar-refractivity contribution in [3.05, 3.63) is 65.9 Å². The van der Waals surface area contributed by atoms with Crippen LogP contribution in [0.3, 0.4) is 0 Å². The molecule has 0 aliphatic rings. The molecule has 0 saturated carbocycles. The molecule has 0 atom stereocenters. The van der Waals surface area contributed by atoms with Crippen molar-refractivity contribution in [2.45, 2.75) is 19.8 Å². The highest BCUT2D eigenvalue weighted by Crippen LogP contribution is 2.24. The second-order valence-electron chi connectivity index (χ2n) is 5.56. The first kappa shape index (κ1) is 17.1. The van der Waals surface area contributed by atoms with Gasteiger partial charge in [0.1, 0.15) is 17.4 Å². The standard InChI is InChI=1S/C19H19N3O2/c1-13(2)17-5-3-4-6-18(17)22-19(24)14(11-20)12-21-15-7-9-16(23)10-8-15/h3-10,12-13,21,23H,1-2H3,(H,22,24)/b14-12-. The van der Waals surface area contributed by atoms with Crippen LogP contribution in [-0.2, 0) is 4.79 Å². The van der Waals surface area contributed by atoms with Crippen molar-refractivity contribution in [3.63, 3.8) is 0 Å². The van der Waals surface area contributed by atoms with Crippen molar-refractivity contribution >= 4 is 17.3 Å². The van der Waals surface area contributed by atoms with E-state index in [0.717, 1.165) is 5.56 Å². The number of aromatic hydroxyl groups is 1. The molecule has 0 aliphatic heterocycles. The van der Waals surface area contributed by atoms with Gasteiger partial charge >= 0.3 is 0 Å². The van der Waals surface area contributed by atoms with Gasteiger partial charge in [0.15, 0.2) is 0 Å². The maximum atomic E-state index is 12.3. The summed E-state index contributed by atoms with van der Waals surface area (Å²) in [6.45, 7) is 4.08. The molecule has 0 bridgehead atoms. The lowest BCUT2D eigenvalue weighted by Gasteiger charge is -2.13. The molecule has 0 fully saturated rings. The molecule has 2 aromatic rings. The minimum Gasteiger partial charge on any atom is -0.508 e. The number of rotatable bonds is 5. The van der Waals surface area contributed by atoms with Crippen LogP contribution in [-0.4, -0.2) is 11.0 Å². The summed E-state index contributed by atoms with van der Waals surface area (Å²) in [4.78, 5) is 12.3. The molecule has 3 N–H and O–H groups in total. The Kier molecular flexibility index (Phi) is 5.58. The molecule has 2 aromatic carbocycles. The highest BCUT2D eigenvalue weighted by molar-refractivity contribution is 6.07. The molecular formula is C19H19N3O2. The summed E-state index contributed by atoms with van der Waals surface area (Å²) in [5, 5.41) is 24.1. The predicted molar refractivity (Wildman–Crippen MR) is 94.6 cm³/mol. The predicted octanol–water partition coefficient (Wildman–Crippen LogP) is 3.97. The molecule has 2 rings (SSSR count). The van der Waals surface area contributed by atoms with Gasteiger partial charge in [-0.05, 0) is 41.8 Å². The van der Waals surface area contributed by atoms with Crippen LogP contribution in [0.25, 0.3) is 0 Å². The van der Waals surface area contributed by atoms with Gasteiger partial charge in [-0.15, -0.1) is 0 Å². The smallest absolute Gasteiger partial charge is 0.267 e. The minimum absolute atomic E-state index is 0.0402. The lowest BCUT2D eigenvalue weighted by molar-refractivity contribution is -0.112. The molecule has 0 aromatic heterocycles. The van der Waals surface area contributed by atoms with Crippen LogP contribution in [0.4, 0.5) is 11.4 Å². The molecule has 1 amide bonds. The minimum atomic E-state index is -0.475. The van der Waals surface area contributed by atoms with Gasteiger partial charge in [-0.25, -0.2) is 0 Å². The van der Waals surface area contributed by atoms with E-state index in [4.69, 9.17) is 0 Å². The van der Waals surface area contributed by atoms with Gasteiger partial charge in [0, 0.05) is 17.6 Å². The lowest BCUT2D eigenvalue weighted by atomic mass is 10.0. The van der Waals surface area contributed by atoms with Crippen LogP contribution in [0.1, 0.15) is 25.3 Å². The first-order valence-corrected chi connectivity index (χ1v) is 7.57. The number of phenolic OH excluding ortho intramolecular Hbond substituents is 1. The first-order valence-electron chi connectivity index (χ1n) is 7.57. The Morgan fingerprint density at radius 2 is 1.83 bits per heavy atom. The third kappa shape index (κ3) is 4.37. The van der Waals surface area contributed by atoms with Crippen LogP contribution in [0.15, 0.2) is 60.3 Å². The topological polar surface area (TPSA) is 85.2 Å². The lowest BCUT2D eigenvalue weighted by Crippen LogP contribution is -2.16. The molecule has 0 spiro atoms. The van der Waals surface area contributed by atoms with Gasteiger partial charge in [-0.3, -0.25) is 4.79 Å². The number of carbonyl (C=O) groups excluding carboxylic acids is 1. The third-order valence-electron chi connectivity index (χ3n) is 3.45. The van der Waals surface area contributed by atoms with E-state index in [1.54, 1.807) is 12.1 Å². The number of hydrogen-bond acceptors (Lipinski definition) is 4. The third-order valence-corrected chi connectivity index (χ3v) is 3.45. The van der Waals surface area contributed by atoms with Crippen LogP contribution < -0.4 is 10.6 Å². The Balaban J connectivity index is 2.13. The van der Waals surface area contributed by atoms with E-state index in [1.807, 2.05) is 44.2 Å². The zero-order valence-electron chi connectivity index (χ0n) is 13.6. The Bertz CT molecular complexity index is 787.